The van der Waals surface area contributed by atoms with Crippen molar-refractivity contribution in [1.29, 1.82) is 0 Å². The summed E-state index contributed by atoms with van der Waals surface area (Å²) in [6.45, 7) is 6.77. The van der Waals surface area contributed by atoms with Crippen LogP contribution in [-0.2, 0) is 0 Å². The van der Waals surface area contributed by atoms with Crippen molar-refractivity contribution in [2.75, 3.05) is 44.6 Å². The van der Waals surface area contributed by atoms with Gasteiger partial charge in [-0.2, -0.15) is 0 Å². The van der Waals surface area contributed by atoms with Crippen LogP contribution in [0.15, 0.2) is 35.7 Å². The molecule has 1 saturated heterocycles. The standard InChI is InChI=1S/C16H22N4S/c1-2-5-14(6-3-1)15-13-21-16(19-15)18-7-4-10-20-11-8-17-9-12-20/h1-3,5-6,13,17H,4,7-12H2,(H,18,19). The fraction of sp³-hybridized carbons (Fsp3) is 0.438. The van der Waals surface area contributed by atoms with Gasteiger partial charge >= 0.3 is 0 Å². The quantitative estimate of drug-likeness (QED) is 0.805. The molecule has 0 bridgehead atoms. The fourth-order valence-electron chi connectivity index (χ4n) is 2.53. The Kier molecular flexibility index (Phi) is 5.21. The number of rotatable bonds is 6. The zero-order valence-electron chi connectivity index (χ0n) is 12.2. The van der Waals surface area contributed by atoms with Crippen molar-refractivity contribution in [1.82, 2.24) is 15.2 Å². The highest BCUT2D eigenvalue weighted by Crippen LogP contribution is 2.24. The Hall–Kier alpha value is -1.43. The first-order valence-electron chi connectivity index (χ1n) is 7.60. The maximum absolute atomic E-state index is 4.65. The molecule has 2 N–H and O–H groups in total. The van der Waals surface area contributed by atoms with Gasteiger partial charge in [0.15, 0.2) is 5.13 Å². The topological polar surface area (TPSA) is 40.2 Å². The van der Waals surface area contributed by atoms with Crippen LogP contribution < -0.4 is 10.6 Å². The van der Waals surface area contributed by atoms with Crippen molar-refractivity contribution in [3.05, 3.63) is 35.7 Å². The molecule has 0 saturated carbocycles. The molecule has 112 valence electrons. The molecule has 21 heavy (non-hydrogen) atoms. The highest BCUT2D eigenvalue weighted by Gasteiger charge is 2.08. The molecule has 1 aromatic carbocycles. The van der Waals surface area contributed by atoms with Crippen molar-refractivity contribution >= 4 is 16.5 Å². The fourth-order valence-corrected chi connectivity index (χ4v) is 3.28. The van der Waals surface area contributed by atoms with Crippen molar-refractivity contribution < 1.29 is 0 Å². The van der Waals surface area contributed by atoms with Crippen LogP contribution >= 0.6 is 11.3 Å². The molecule has 4 nitrogen and oxygen atoms in total. The van der Waals surface area contributed by atoms with E-state index in [0.29, 0.717) is 0 Å². The molecule has 1 aliphatic rings. The SMILES string of the molecule is c1ccc(-c2csc(NCCCN3CCNCC3)n2)cc1. The molecule has 1 aliphatic heterocycles. The number of hydrogen-bond acceptors (Lipinski definition) is 5. The molecule has 0 atom stereocenters. The summed E-state index contributed by atoms with van der Waals surface area (Å²) in [5, 5.41) is 9.96. The third kappa shape index (κ3) is 4.27. The molecule has 0 aliphatic carbocycles. The number of hydrogen-bond donors (Lipinski definition) is 2. The summed E-state index contributed by atoms with van der Waals surface area (Å²) in [7, 11) is 0. The number of benzene rings is 1. The second-order valence-electron chi connectivity index (χ2n) is 5.28. The highest BCUT2D eigenvalue weighted by atomic mass is 32.1. The minimum Gasteiger partial charge on any atom is -0.361 e. The molecular formula is C16H22N4S. The van der Waals surface area contributed by atoms with Gasteiger partial charge < -0.3 is 15.5 Å². The highest BCUT2D eigenvalue weighted by molar-refractivity contribution is 7.14. The Bertz CT molecular complexity index is 534. The van der Waals surface area contributed by atoms with Crippen LogP contribution in [0, 0.1) is 0 Å². The van der Waals surface area contributed by atoms with E-state index < -0.39 is 0 Å². The van der Waals surface area contributed by atoms with E-state index in [0.717, 1.165) is 30.5 Å². The lowest BCUT2D eigenvalue weighted by Crippen LogP contribution is -2.44. The van der Waals surface area contributed by atoms with Crippen molar-refractivity contribution in [2.24, 2.45) is 0 Å². The summed E-state index contributed by atoms with van der Waals surface area (Å²) < 4.78 is 0. The normalized spacial score (nSPS) is 16.0. The van der Waals surface area contributed by atoms with Crippen LogP contribution in [0.2, 0.25) is 0 Å². The summed E-state index contributed by atoms with van der Waals surface area (Å²) in [4.78, 5) is 7.17. The first-order valence-corrected chi connectivity index (χ1v) is 8.48. The molecule has 3 rings (SSSR count). The smallest absolute Gasteiger partial charge is 0.183 e. The number of piperazine rings is 1. The van der Waals surface area contributed by atoms with Crippen LogP contribution in [0.25, 0.3) is 11.3 Å². The van der Waals surface area contributed by atoms with E-state index in [2.05, 4.69) is 50.2 Å². The lowest BCUT2D eigenvalue weighted by Gasteiger charge is -2.26. The van der Waals surface area contributed by atoms with E-state index in [-0.39, 0.29) is 0 Å². The van der Waals surface area contributed by atoms with Crippen LogP contribution in [0.4, 0.5) is 5.13 Å². The lowest BCUT2D eigenvalue weighted by molar-refractivity contribution is 0.240. The Labute approximate surface area is 130 Å². The van der Waals surface area contributed by atoms with Gasteiger partial charge in [0.1, 0.15) is 0 Å². The Morgan fingerprint density at radius 1 is 1.19 bits per heavy atom. The molecule has 0 amide bonds. The molecule has 1 aromatic heterocycles. The molecular weight excluding hydrogens is 280 g/mol. The van der Waals surface area contributed by atoms with Gasteiger partial charge in [-0.25, -0.2) is 4.98 Å². The Morgan fingerprint density at radius 3 is 2.81 bits per heavy atom. The first-order chi connectivity index (χ1) is 10.4. The third-order valence-electron chi connectivity index (χ3n) is 3.71. The zero-order chi connectivity index (χ0) is 14.3. The first kappa shape index (κ1) is 14.5. The van der Waals surface area contributed by atoms with E-state index in [9.17, 15) is 0 Å². The number of aromatic nitrogens is 1. The van der Waals surface area contributed by atoms with E-state index in [4.69, 9.17) is 0 Å². The second-order valence-corrected chi connectivity index (χ2v) is 6.13. The molecule has 1 fully saturated rings. The predicted octanol–water partition coefficient (Wildman–Crippen LogP) is 2.52. The van der Waals surface area contributed by atoms with Crippen molar-refractivity contribution in [2.45, 2.75) is 6.42 Å². The van der Waals surface area contributed by atoms with Crippen LogP contribution in [0.3, 0.4) is 0 Å². The van der Waals surface area contributed by atoms with Gasteiger partial charge in [0, 0.05) is 43.7 Å². The van der Waals surface area contributed by atoms with E-state index in [1.807, 2.05) is 6.07 Å². The van der Waals surface area contributed by atoms with E-state index >= 15 is 0 Å². The molecule has 2 aromatic rings. The van der Waals surface area contributed by atoms with Gasteiger partial charge in [-0.15, -0.1) is 11.3 Å². The van der Waals surface area contributed by atoms with Crippen LogP contribution in [0.1, 0.15) is 6.42 Å². The second kappa shape index (κ2) is 7.54. The molecule has 0 spiro atoms. The minimum absolute atomic E-state index is 0.992. The summed E-state index contributed by atoms with van der Waals surface area (Å²) >= 11 is 1.68. The zero-order valence-corrected chi connectivity index (χ0v) is 13.0. The van der Waals surface area contributed by atoms with Gasteiger partial charge in [-0.05, 0) is 13.0 Å². The van der Waals surface area contributed by atoms with Gasteiger partial charge in [0.2, 0.25) is 0 Å². The van der Waals surface area contributed by atoms with Gasteiger partial charge in [-0.1, -0.05) is 30.3 Å². The average molecular weight is 302 g/mol. The Balaban J connectivity index is 1.42. The van der Waals surface area contributed by atoms with Crippen molar-refractivity contribution in [3.8, 4) is 11.3 Å². The third-order valence-corrected chi connectivity index (χ3v) is 4.51. The molecule has 5 heteroatoms. The molecule has 2 heterocycles. The maximum atomic E-state index is 4.65. The Morgan fingerprint density at radius 2 is 2.00 bits per heavy atom. The van der Waals surface area contributed by atoms with Gasteiger partial charge in [0.25, 0.3) is 0 Å². The predicted molar refractivity (Wildman–Crippen MR) is 90.0 cm³/mol. The maximum Gasteiger partial charge on any atom is 0.183 e. The minimum atomic E-state index is 0.992. The van der Waals surface area contributed by atoms with Crippen molar-refractivity contribution in [3.63, 3.8) is 0 Å². The van der Waals surface area contributed by atoms with Crippen LogP contribution in [-0.4, -0.2) is 49.2 Å². The number of thiazole rings is 1. The number of nitrogens with zero attached hydrogens (tertiary/aromatic N) is 2. The van der Waals surface area contributed by atoms with Crippen LogP contribution in [0.5, 0.6) is 0 Å². The molecule has 0 radical (unpaired) electrons. The van der Waals surface area contributed by atoms with E-state index in [1.165, 1.54) is 31.6 Å². The average Bonchev–Trinajstić information content (AvgIpc) is 3.02. The lowest BCUT2D eigenvalue weighted by atomic mass is 10.2. The largest absolute Gasteiger partial charge is 0.361 e. The van der Waals surface area contributed by atoms with Gasteiger partial charge in [-0.3, -0.25) is 0 Å². The monoisotopic (exact) mass is 302 g/mol. The number of anilines is 1. The summed E-state index contributed by atoms with van der Waals surface area (Å²) in [6, 6.07) is 10.3. The summed E-state index contributed by atoms with van der Waals surface area (Å²) in [5.41, 5.74) is 2.24. The summed E-state index contributed by atoms with van der Waals surface area (Å²) in [5.74, 6) is 0. The van der Waals surface area contributed by atoms with Gasteiger partial charge in [0.05, 0.1) is 5.69 Å². The summed E-state index contributed by atoms with van der Waals surface area (Å²) in [6.07, 6.45) is 1.17. The number of nitrogens with one attached hydrogen (secondary N) is 2. The molecule has 0 unspecified atom stereocenters. The van der Waals surface area contributed by atoms with E-state index in [1.54, 1.807) is 11.3 Å².